The van der Waals surface area contributed by atoms with Gasteiger partial charge in [0.25, 0.3) is 0 Å². The third-order valence-corrected chi connectivity index (χ3v) is 5.47. The number of morpholine rings is 1. The number of amides is 2. The molecule has 2 aromatic rings. The molecule has 0 bridgehead atoms. The van der Waals surface area contributed by atoms with Crippen LogP contribution in [-0.2, 0) is 14.3 Å². The van der Waals surface area contributed by atoms with Crippen molar-refractivity contribution in [3.63, 3.8) is 0 Å². The van der Waals surface area contributed by atoms with E-state index in [2.05, 4.69) is 4.98 Å². The van der Waals surface area contributed by atoms with Gasteiger partial charge < -0.3 is 14.5 Å². The fourth-order valence-corrected chi connectivity index (χ4v) is 3.95. The van der Waals surface area contributed by atoms with Crippen LogP contribution < -0.4 is 0 Å². The average Bonchev–Trinajstić information content (AvgIpc) is 2.77. The molecule has 1 atom stereocenters. The molecule has 6 nitrogen and oxygen atoms in total. The monoisotopic (exact) mass is 379 g/mol. The zero-order valence-electron chi connectivity index (χ0n) is 15.9. The van der Waals surface area contributed by atoms with E-state index in [9.17, 15) is 9.59 Å². The number of hydrogen-bond acceptors (Lipinski definition) is 4. The van der Waals surface area contributed by atoms with E-state index >= 15 is 0 Å². The van der Waals surface area contributed by atoms with E-state index < -0.39 is 0 Å². The molecule has 2 aliphatic rings. The van der Waals surface area contributed by atoms with Gasteiger partial charge in [0.15, 0.2) is 0 Å². The van der Waals surface area contributed by atoms with Crippen LogP contribution in [0.3, 0.4) is 0 Å². The number of aromatic nitrogens is 1. The highest BCUT2D eigenvalue weighted by Gasteiger charge is 2.31. The Hall–Kier alpha value is -2.73. The van der Waals surface area contributed by atoms with Crippen LogP contribution in [-0.4, -0.2) is 66.0 Å². The summed E-state index contributed by atoms with van der Waals surface area (Å²) in [5.41, 5.74) is 1.80. The Morgan fingerprint density at radius 2 is 1.89 bits per heavy atom. The van der Waals surface area contributed by atoms with E-state index in [0.717, 1.165) is 29.3 Å². The summed E-state index contributed by atoms with van der Waals surface area (Å²) < 4.78 is 5.33. The molecule has 3 heterocycles. The minimum Gasteiger partial charge on any atom is -0.378 e. The Bertz CT molecular complexity index is 884. The van der Waals surface area contributed by atoms with Crippen LogP contribution in [0.25, 0.3) is 17.0 Å². The summed E-state index contributed by atoms with van der Waals surface area (Å²) in [5, 5.41) is 1.05. The second-order valence-corrected chi connectivity index (χ2v) is 7.32. The number of nitrogens with zero attached hydrogens (tertiary/aromatic N) is 3. The van der Waals surface area contributed by atoms with E-state index in [0.29, 0.717) is 39.4 Å². The molecule has 0 spiro atoms. The highest BCUT2D eigenvalue weighted by atomic mass is 16.5. The molecule has 0 saturated carbocycles. The number of carbonyl (C=O) groups excluding carboxylic acids is 2. The highest BCUT2D eigenvalue weighted by molar-refractivity contribution is 5.95. The standard InChI is InChI=1S/C22H25N3O3/c26-20(9-8-18-5-1-4-17-6-2-10-23-21(17)18)25-11-3-7-19(16-25)22(27)24-12-14-28-15-13-24/h1-2,4-6,8-10,19H,3,7,11-16H2/b9-8+. The number of hydrogen-bond donors (Lipinski definition) is 0. The molecular formula is C22H25N3O3. The van der Waals surface area contributed by atoms with Gasteiger partial charge in [-0.2, -0.15) is 0 Å². The summed E-state index contributed by atoms with van der Waals surface area (Å²) in [6.45, 7) is 3.69. The molecular weight excluding hydrogens is 354 g/mol. The van der Waals surface area contributed by atoms with Crippen LogP contribution in [0.1, 0.15) is 18.4 Å². The first-order chi connectivity index (χ1) is 13.7. The number of piperidine rings is 1. The fraction of sp³-hybridized carbons (Fsp3) is 0.409. The summed E-state index contributed by atoms with van der Waals surface area (Å²) in [6, 6.07) is 9.84. The van der Waals surface area contributed by atoms with Crippen molar-refractivity contribution in [1.29, 1.82) is 0 Å². The number of carbonyl (C=O) groups is 2. The molecule has 2 fully saturated rings. The number of fused-ring (bicyclic) bond motifs is 1. The Balaban J connectivity index is 1.42. The second kappa shape index (κ2) is 8.52. The molecule has 1 unspecified atom stereocenters. The molecule has 0 aliphatic carbocycles. The molecule has 28 heavy (non-hydrogen) atoms. The number of para-hydroxylation sites is 1. The van der Waals surface area contributed by atoms with Crippen LogP contribution in [0.15, 0.2) is 42.6 Å². The van der Waals surface area contributed by atoms with Gasteiger partial charge >= 0.3 is 0 Å². The maximum atomic E-state index is 12.8. The molecule has 2 amide bonds. The van der Waals surface area contributed by atoms with Gasteiger partial charge in [-0.1, -0.05) is 24.3 Å². The van der Waals surface area contributed by atoms with Crippen LogP contribution >= 0.6 is 0 Å². The van der Waals surface area contributed by atoms with Crippen molar-refractivity contribution >= 4 is 28.8 Å². The predicted octanol–water partition coefficient (Wildman–Crippen LogP) is 2.35. The van der Waals surface area contributed by atoms with Gasteiger partial charge in [0.05, 0.1) is 24.6 Å². The summed E-state index contributed by atoms with van der Waals surface area (Å²) in [4.78, 5) is 33.6. The minimum absolute atomic E-state index is 0.0487. The Morgan fingerprint density at radius 1 is 1.07 bits per heavy atom. The van der Waals surface area contributed by atoms with Gasteiger partial charge in [0.1, 0.15) is 0 Å². The zero-order chi connectivity index (χ0) is 19.3. The van der Waals surface area contributed by atoms with Crippen molar-refractivity contribution in [1.82, 2.24) is 14.8 Å². The summed E-state index contributed by atoms with van der Waals surface area (Å²) >= 11 is 0. The zero-order valence-corrected chi connectivity index (χ0v) is 15.9. The lowest BCUT2D eigenvalue weighted by Crippen LogP contribution is -2.49. The van der Waals surface area contributed by atoms with Gasteiger partial charge in [-0.3, -0.25) is 14.6 Å². The smallest absolute Gasteiger partial charge is 0.246 e. The number of ether oxygens (including phenoxy) is 1. The average molecular weight is 379 g/mol. The second-order valence-electron chi connectivity index (χ2n) is 7.32. The van der Waals surface area contributed by atoms with Crippen molar-refractivity contribution < 1.29 is 14.3 Å². The Morgan fingerprint density at radius 3 is 2.75 bits per heavy atom. The number of likely N-dealkylation sites (tertiary alicyclic amines) is 1. The molecule has 2 saturated heterocycles. The molecule has 0 N–H and O–H groups in total. The van der Waals surface area contributed by atoms with E-state index in [4.69, 9.17) is 4.74 Å². The quantitative estimate of drug-likeness (QED) is 0.768. The van der Waals surface area contributed by atoms with Gasteiger partial charge in [0, 0.05) is 49.4 Å². The molecule has 1 aromatic heterocycles. The molecule has 4 rings (SSSR count). The Kier molecular flexibility index (Phi) is 5.67. The fourth-order valence-electron chi connectivity index (χ4n) is 3.95. The van der Waals surface area contributed by atoms with E-state index in [1.54, 1.807) is 17.2 Å². The minimum atomic E-state index is -0.108. The number of rotatable bonds is 3. The van der Waals surface area contributed by atoms with Crippen molar-refractivity contribution in [2.24, 2.45) is 5.92 Å². The largest absolute Gasteiger partial charge is 0.378 e. The van der Waals surface area contributed by atoms with Gasteiger partial charge in [-0.05, 0) is 25.0 Å². The first kappa shape index (κ1) is 18.6. The van der Waals surface area contributed by atoms with Crippen LogP contribution in [0, 0.1) is 5.92 Å². The van der Waals surface area contributed by atoms with Gasteiger partial charge in [0.2, 0.25) is 11.8 Å². The maximum Gasteiger partial charge on any atom is 0.246 e. The molecule has 1 aromatic carbocycles. The van der Waals surface area contributed by atoms with Crippen molar-refractivity contribution in [3.8, 4) is 0 Å². The topological polar surface area (TPSA) is 62.7 Å². The lowest BCUT2D eigenvalue weighted by Gasteiger charge is -2.35. The van der Waals surface area contributed by atoms with E-state index in [-0.39, 0.29) is 17.7 Å². The van der Waals surface area contributed by atoms with E-state index in [1.165, 1.54) is 0 Å². The first-order valence-corrected chi connectivity index (χ1v) is 9.89. The lowest BCUT2D eigenvalue weighted by atomic mass is 9.96. The third-order valence-electron chi connectivity index (χ3n) is 5.47. The third kappa shape index (κ3) is 4.07. The highest BCUT2D eigenvalue weighted by Crippen LogP contribution is 2.21. The lowest BCUT2D eigenvalue weighted by molar-refractivity contribution is -0.143. The molecule has 2 aliphatic heterocycles. The Labute approximate surface area is 164 Å². The van der Waals surface area contributed by atoms with Gasteiger partial charge in [-0.25, -0.2) is 0 Å². The normalized spacial score (nSPS) is 20.6. The number of pyridine rings is 1. The number of benzene rings is 1. The van der Waals surface area contributed by atoms with Crippen molar-refractivity contribution in [2.45, 2.75) is 12.8 Å². The molecule has 0 radical (unpaired) electrons. The maximum absolute atomic E-state index is 12.8. The van der Waals surface area contributed by atoms with Gasteiger partial charge in [-0.15, -0.1) is 0 Å². The van der Waals surface area contributed by atoms with Crippen LogP contribution in [0.4, 0.5) is 0 Å². The molecule has 146 valence electrons. The van der Waals surface area contributed by atoms with E-state index in [1.807, 2.05) is 41.3 Å². The summed E-state index contributed by atoms with van der Waals surface area (Å²) in [6.07, 6.45) is 6.89. The summed E-state index contributed by atoms with van der Waals surface area (Å²) in [7, 11) is 0. The van der Waals surface area contributed by atoms with Crippen LogP contribution in [0.2, 0.25) is 0 Å². The summed E-state index contributed by atoms with van der Waals surface area (Å²) in [5.74, 6) is -0.00105. The predicted molar refractivity (Wildman–Crippen MR) is 107 cm³/mol. The molecule has 6 heteroatoms. The van der Waals surface area contributed by atoms with Crippen molar-refractivity contribution in [3.05, 3.63) is 48.2 Å². The van der Waals surface area contributed by atoms with Crippen molar-refractivity contribution in [2.75, 3.05) is 39.4 Å². The first-order valence-electron chi connectivity index (χ1n) is 9.89. The SMILES string of the molecule is O=C(/C=C/c1cccc2cccnc12)N1CCCC(C(=O)N2CCOCC2)C1. The van der Waals surface area contributed by atoms with Crippen LogP contribution in [0.5, 0.6) is 0 Å².